The molecule has 2 aliphatic rings. The number of benzene rings is 1. The lowest BCUT2D eigenvalue weighted by atomic mass is 10.0. The molecule has 1 atom stereocenters. The smallest absolute Gasteiger partial charge is 0.238 e. The van der Waals surface area contributed by atoms with Crippen LogP contribution in [-0.4, -0.2) is 54.4 Å². The molecule has 29 heavy (non-hydrogen) atoms. The Morgan fingerprint density at radius 1 is 1.21 bits per heavy atom. The number of aromatic nitrogens is 2. The first-order valence-electron chi connectivity index (χ1n) is 10.3. The highest BCUT2D eigenvalue weighted by Gasteiger charge is 2.31. The van der Waals surface area contributed by atoms with E-state index in [4.69, 9.17) is 13.9 Å². The maximum atomic E-state index is 12.6. The molecule has 1 amide bonds. The van der Waals surface area contributed by atoms with E-state index in [0.29, 0.717) is 17.5 Å². The van der Waals surface area contributed by atoms with Gasteiger partial charge in [0, 0.05) is 30.9 Å². The van der Waals surface area contributed by atoms with E-state index in [1.54, 1.807) is 7.11 Å². The number of ether oxygens (including phenoxy) is 2. The van der Waals surface area contributed by atoms with Crippen molar-refractivity contribution in [3.63, 3.8) is 0 Å². The maximum Gasteiger partial charge on any atom is 0.238 e. The summed E-state index contributed by atoms with van der Waals surface area (Å²) in [7, 11) is 1.61. The number of hydrogen-bond donors (Lipinski definition) is 1. The first-order chi connectivity index (χ1) is 14.2. The zero-order valence-electron chi connectivity index (χ0n) is 16.8. The van der Waals surface area contributed by atoms with Crippen molar-refractivity contribution in [2.45, 2.75) is 44.1 Å². The molecule has 1 aromatic carbocycles. The van der Waals surface area contributed by atoms with Crippen LogP contribution in [0.4, 0.5) is 5.69 Å². The van der Waals surface area contributed by atoms with Gasteiger partial charge in [-0.3, -0.25) is 9.69 Å². The predicted octanol–water partition coefficient (Wildman–Crippen LogP) is 3.14. The van der Waals surface area contributed by atoms with Crippen molar-refractivity contribution < 1.29 is 18.7 Å². The summed E-state index contributed by atoms with van der Waals surface area (Å²) < 4.78 is 16.7. The Balaban J connectivity index is 1.40. The van der Waals surface area contributed by atoms with Gasteiger partial charge in [0.05, 0.1) is 19.7 Å². The number of nitrogens with zero attached hydrogens (tertiary/aromatic N) is 3. The molecule has 1 unspecified atom stereocenters. The summed E-state index contributed by atoms with van der Waals surface area (Å²) in [5, 5.41) is 11.6. The third kappa shape index (κ3) is 4.94. The molecule has 0 bridgehead atoms. The van der Waals surface area contributed by atoms with Crippen molar-refractivity contribution in [3.05, 3.63) is 36.0 Å². The average molecular weight is 400 g/mol. The number of carbonyl (C=O) groups excluding carboxylic acids is 1. The Morgan fingerprint density at radius 3 is 2.86 bits per heavy atom. The van der Waals surface area contributed by atoms with Gasteiger partial charge in [0.25, 0.3) is 0 Å². The van der Waals surface area contributed by atoms with Crippen LogP contribution < -0.4 is 10.1 Å². The van der Waals surface area contributed by atoms with Crippen LogP contribution in [0.2, 0.25) is 0 Å². The second kappa shape index (κ2) is 9.37. The van der Waals surface area contributed by atoms with E-state index in [9.17, 15) is 4.79 Å². The fourth-order valence-corrected chi connectivity index (χ4v) is 4.04. The third-order valence-electron chi connectivity index (χ3n) is 5.63. The standard InChI is InChI=1S/C21H28N4O4/c1-27-17-6-4-5-16(13-17)22-19(26)14-25-10-3-2-7-18(25)21-24-23-20(29-21)15-8-11-28-12-9-15/h4-6,13,15,18H,2-3,7-12,14H2,1H3,(H,22,26). The number of anilines is 1. The lowest BCUT2D eigenvalue weighted by Gasteiger charge is -2.32. The molecule has 1 N–H and O–H groups in total. The fourth-order valence-electron chi connectivity index (χ4n) is 4.04. The van der Waals surface area contributed by atoms with Gasteiger partial charge in [-0.15, -0.1) is 10.2 Å². The summed E-state index contributed by atoms with van der Waals surface area (Å²) in [6.07, 6.45) is 4.90. The van der Waals surface area contributed by atoms with Gasteiger partial charge < -0.3 is 19.2 Å². The summed E-state index contributed by atoms with van der Waals surface area (Å²) in [5.74, 6) is 2.26. The third-order valence-corrected chi connectivity index (χ3v) is 5.63. The number of methoxy groups -OCH3 is 1. The van der Waals surface area contributed by atoms with Gasteiger partial charge in [0.15, 0.2) is 0 Å². The van der Waals surface area contributed by atoms with Crippen LogP contribution in [0, 0.1) is 0 Å². The molecule has 0 radical (unpaired) electrons. The highest BCUT2D eigenvalue weighted by Crippen LogP contribution is 2.33. The van der Waals surface area contributed by atoms with Crippen molar-refractivity contribution in [1.29, 1.82) is 0 Å². The summed E-state index contributed by atoms with van der Waals surface area (Å²) in [6, 6.07) is 7.35. The molecule has 3 heterocycles. The van der Waals surface area contributed by atoms with Gasteiger partial charge in [0.1, 0.15) is 5.75 Å². The first kappa shape index (κ1) is 19.8. The second-order valence-corrected chi connectivity index (χ2v) is 7.63. The molecule has 2 aliphatic heterocycles. The first-order valence-corrected chi connectivity index (χ1v) is 10.3. The van der Waals surface area contributed by atoms with E-state index in [1.165, 1.54) is 0 Å². The number of piperidine rings is 1. The molecule has 4 rings (SSSR count). The van der Waals surface area contributed by atoms with E-state index < -0.39 is 0 Å². The van der Waals surface area contributed by atoms with Crippen LogP contribution in [0.25, 0.3) is 0 Å². The highest BCUT2D eigenvalue weighted by molar-refractivity contribution is 5.92. The Morgan fingerprint density at radius 2 is 2.03 bits per heavy atom. The number of likely N-dealkylation sites (tertiary alicyclic amines) is 1. The SMILES string of the molecule is COc1cccc(NC(=O)CN2CCCCC2c2nnc(C3CCOCC3)o2)c1. The molecule has 0 saturated carbocycles. The van der Waals surface area contributed by atoms with Gasteiger partial charge in [0.2, 0.25) is 17.7 Å². The van der Waals surface area contributed by atoms with Gasteiger partial charge in [-0.1, -0.05) is 12.5 Å². The molecular formula is C21H28N4O4. The fraction of sp³-hybridized carbons (Fsp3) is 0.571. The number of rotatable bonds is 6. The summed E-state index contributed by atoms with van der Waals surface area (Å²) in [4.78, 5) is 14.8. The second-order valence-electron chi connectivity index (χ2n) is 7.63. The van der Waals surface area contributed by atoms with E-state index in [0.717, 1.165) is 57.6 Å². The molecule has 2 aromatic rings. The molecule has 2 fully saturated rings. The molecule has 2 saturated heterocycles. The van der Waals surface area contributed by atoms with Crippen molar-refractivity contribution in [1.82, 2.24) is 15.1 Å². The molecule has 8 heteroatoms. The predicted molar refractivity (Wildman–Crippen MR) is 107 cm³/mol. The monoisotopic (exact) mass is 400 g/mol. The Kier molecular flexibility index (Phi) is 6.41. The molecule has 0 spiro atoms. The average Bonchev–Trinajstić information content (AvgIpc) is 3.25. The zero-order valence-corrected chi connectivity index (χ0v) is 16.8. The molecular weight excluding hydrogens is 372 g/mol. The van der Waals surface area contributed by atoms with Crippen LogP contribution >= 0.6 is 0 Å². The molecule has 8 nitrogen and oxygen atoms in total. The van der Waals surface area contributed by atoms with Crippen molar-refractivity contribution in [2.75, 3.05) is 38.7 Å². The topological polar surface area (TPSA) is 89.7 Å². The van der Waals surface area contributed by atoms with Gasteiger partial charge >= 0.3 is 0 Å². The minimum Gasteiger partial charge on any atom is -0.497 e. The van der Waals surface area contributed by atoms with E-state index in [-0.39, 0.29) is 24.4 Å². The summed E-state index contributed by atoms with van der Waals surface area (Å²) in [5.41, 5.74) is 0.725. The molecule has 1 aromatic heterocycles. The maximum absolute atomic E-state index is 12.6. The normalized spacial score (nSPS) is 21.1. The molecule has 0 aliphatic carbocycles. The van der Waals surface area contributed by atoms with Crippen molar-refractivity contribution in [2.24, 2.45) is 0 Å². The lowest BCUT2D eigenvalue weighted by molar-refractivity contribution is -0.118. The summed E-state index contributed by atoms with van der Waals surface area (Å²) >= 11 is 0. The number of nitrogens with one attached hydrogen (secondary N) is 1. The largest absolute Gasteiger partial charge is 0.497 e. The lowest BCUT2D eigenvalue weighted by Crippen LogP contribution is -2.39. The Bertz CT molecular complexity index is 819. The minimum absolute atomic E-state index is 0.0131. The zero-order chi connectivity index (χ0) is 20.1. The van der Waals surface area contributed by atoms with Crippen LogP contribution in [0.15, 0.2) is 28.7 Å². The van der Waals surface area contributed by atoms with Crippen LogP contribution in [0.5, 0.6) is 5.75 Å². The van der Waals surface area contributed by atoms with Crippen LogP contribution in [0.3, 0.4) is 0 Å². The number of carbonyl (C=O) groups is 1. The van der Waals surface area contributed by atoms with E-state index >= 15 is 0 Å². The number of amides is 1. The van der Waals surface area contributed by atoms with Crippen LogP contribution in [-0.2, 0) is 9.53 Å². The van der Waals surface area contributed by atoms with Crippen molar-refractivity contribution >= 4 is 11.6 Å². The van der Waals surface area contributed by atoms with E-state index in [1.807, 2.05) is 24.3 Å². The minimum atomic E-state index is -0.0608. The van der Waals surface area contributed by atoms with Gasteiger partial charge in [-0.05, 0) is 44.4 Å². The van der Waals surface area contributed by atoms with Crippen molar-refractivity contribution in [3.8, 4) is 5.75 Å². The number of hydrogen-bond acceptors (Lipinski definition) is 7. The highest BCUT2D eigenvalue weighted by atomic mass is 16.5. The van der Waals surface area contributed by atoms with Gasteiger partial charge in [-0.2, -0.15) is 0 Å². The quantitative estimate of drug-likeness (QED) is 0.797. The molecule has 156 valence electrons. The summed E-state index contributed by atoms with van der Waals surface area (Å²) in [6.45, 7) is 2.60. The Hall–Kier alpha value is -2.45. The van der Waals surface area contributed by atoms with E-state index in [2.05, 4.69) is 20.4 Å². The Labute approximate surface area is 170 Å². The van der Waals surface area contributed by atoms with Gasteiger partial charge in [-0.25, -0.2) is 0 Å². The van der Waals surface area contributed by atoms with Crippen LogP contribution in [0.1, 0.15) is 55.8 Å².